The van der Waals surface area contributed by atoms with Crippen molar-refractivity contribution in [3.8, 4) is 0 Å². The Morgan fingerprint density at radius 2 is 2.14 bits per heavy atom. The largest absolute Gasteiger partial charge is 0.490 e. The van der Waals surface area contributed by atoms with Crippen molar-refractivity contribution in [1.29, 1.82) is 0 Å². The van der Waals surface area contributed by atoms with Crippen LogP contribution in [0.1, 0.15) is 24.4 Å². The molecule has 0 aliphatic carbocycles. The van der Waals surface area contributed by atoms with Gasteiger partial charge in [0, 0.05) is 38.4 Å². The molecule has 3 heterocycles. The molecule has 1 atom stereocenters. The molecule has 0 spiro atoms. The summed E-state index contributed by atoms with van der Waals surface area (Å²) in [5.41, 5.74) is 1.16. The Bertz CT molecular complexity index is 771. The van der Waals surface area contributed by atoms with E-state index < -0.39 is 12.1 Å². The molecule has 1 N–H and O–H groups in total. The summed E-state index contributed by atoms with van der Waals surface area (Å²) in [6, 6.07) is 4.01. The van der Waals surface area contributed by atoms with Gasteiger partial charge in [0.2, 0.25) is 0 Å². The van der Waals surface area contributed by atoms with Crippen LogP contribution in [0, 0.1) is 0 Å². The summed E-state index contributed by atoms with van der Waals surface area (Å²) in [7, 11) is 2.03. The smallest absolute Gasteiger partial charge is 0.475 e. The number of nitrogens with zero attached hydrogens (tertiary/aromatic N) is 4. The van der Waals surface area contributed by atoms with Crippen molar-refractivity contribution in [3.05, 3.63) is 42.2 Å². The highest BCUT2D eigenvalue weighted by Gasteiger charge is 2.38. The average Bonchev–Trinajstić information content (AvgIpc) is 3.21. The minimum absolute atomic E-state index is 0.0776. The first-order chi connectivity index (χ1) is 13.7. The molecule has 160 valence electrons. The summed E-state index contributed by atoms with van der Waals surface area (Å²) < 4.78 is 42.6. The summed E-state index contributed by atoms with van der Waals surface area (Å²) in [4.78, 5) is 22.5. The summed E-state index contributed by atoms with van der Waals surface area (Å²) in [6.45, 7) is 6.07. The van der Waals surface area contributed by atoms with E-state index in [1.807, 2.05) is 25.4 Å². The number of aliphatic carboxylic acids is 1. The molecule has 0 radical (unpaired) electrons. The number of halogens is 3. The number of carbonyl (C=O) groups is 1. The molecule has 2 aromatic heterocycles. The van der Waals surface area contributed by atoms with E-state index >= 15 is 0 Å². The molecular formula is C18H23F3N4O4. The Hall–Kier alpha value is -2.66. The lowest BCUT2D eigenvalue weighted by Crippen LogP contribution is -2.40. The number of rotatable bonds is 5. The lowest BCUT2D eigenvalue weighted by atomic mass is 10.2. The molecule has 0 amide bonds. The van der Waals surface area contributed by atoms with Crippen LogP contribution in [0.2, 0.25) is 0 Å². The number of furan rings is 1. The fourth-order valence-corrected chi connectivity index (χ4v) is 2.58. The highest BCUT2D eigenvalue weighted by Crippen LogP contribution is 2.24. The van der Waals surface area contributed by atoms with Crippen molar-refractivity contribution >= 4 is 11.8 Å². The summed E-state index contributed by atoms with van der Waals surface area (Å²) in [6.07, 6.45) is 0.237. The number of carboxylic acids is 1. The number of ether oxygens (including phenoxy) is 1. The van der Waals surface area contributed by atoms with Crippen molar-refractivity contribution in [3.63, 3.8) is 0 Å². The zero-order valence-electron chi connectivity index (χ0n) is 16.1. The molecular weight excluding hydrogens is 393 g/mol. The standard InChI is InChI=1S/C16H22N4O2.C2HF3O2/c1-3-19(2)15-4-6-17-16(18-15)14-12-22-9-7-20(14)10-13-5-8-21-11-13;3-2(4,5)1(6)7/h4-6,8,11,14H,3,7,9-10,12H2,1-2H3;(H,6,7). The van der Waals surface area contributed by atoms with E-state index in [1.54, 1.807) is 12.5 Å². The highest BCUT2D eigenvalue weighted by molar-refractivity contribution is 5.73. The molecule has 0 bridgehead atoms. The van der Waals surface area contributed by atoms with Gasteiger partial charge in [-0.3, -0.25) is 4.90 Å². The number of anilines is 1. The van der Waals surface area contributed by atoms with Gasteiger partial charge >= 0.3 is 12.1 Å². The molecule has 29 heavy (non-hydrogen) atoms. The lowest BCUT2D eigenvalue weighted by molar-refractivity contribution is -0.192. The zero-order chi connectivity index (χ0) is 21.4. The van der Waals surface area contributed by atoms with Gasteiger partial charge in [0.05, 0.1) is 31.8 Å². The molecule has 0 aromatic carbocycles. The van der Waals surface area contributed by atoms with E-state index in [2.05, 4.69) is 21.7 Å². The Morgan fingerprint density at radius 1 is 1.41 bits per heavy atom. The van der Waals surface area contributed by atoms with Crippen LogP contribution in [-0.2, 0) is 16.1 Å². The zero-order valence-corrected chi connectivity index (χ0v) is 16.1. The average molecular weight is 416 g/mol. The van der Waals surface area contributed by atoms with Gasteiger partial charge in [0.1, 0.15) is 11.6 Å². The predicted octanol–water partition coefficient (Wildman–Crippen LogP) is 2.73. The van der Waals surface area contributed by atoms with Crippen molar-refractivity contribution in [1.82, 2.24) is 14.9 Å². The van der Waals surface area contributed by atoms with Crippen molar-refractivity contribution < 1.29 is 32.2 Å². The van der Waals surface area contributed by atoms with Gasteiger partial charge in [-0.25, -0.2) is 14.8 Å². The Balaban J connectivity index is 0.000000370. The second kappa shape index (κ2) is 10.2. The maximum absolute atomic E-state index is 10.6. The Morgan fingerprint density at radius 3 is 2.72 bits per heavy atom. The number of aromatic nitrogens is 2. The second-order valence-electron chi connectivity index (χ2n) is 6.28. The number of carboxylic acid groups (broad SMARTS) is 1. The summed E-state index contributed by atoms with van der Waals surface area (Å²) >= 11 is 0. The lowest BCUT2D eigenvalue weighted by Gasteiger charge is -2.34. The van der Waals surface area contributed by atoms with Crippen LogP contribution in [0.25, 0.3) is 0 Å². The van der Waals surface area contributed by atoms with Crippen LogP contribution < -0.4 is 4.90 Å². The number of alkyl halides is 3. The molecule has 8 nitrogen and oxygen atoms in total. The molecule has 11 heteroatoms. The third-order valence-electron chi connectivity index (χ3n) is 4.27. The fraction of sp³-hybridized carbons (Fsp3) is 0.500. The van der Waals surface area contributed by atoms with E-state index in [0.717, 1.165) is 43.4 Å². The third-order valence-corrected chi connectivity index (χ3v) is 4.27. The van der Waals surface area contributed by atoms with Crippen molar-refractivity contribution in [2.24, 2.45) is 0 Å². The molecule has 2 aromatic rings. The molecule has 0 saturated carbocycles. The SMILES string of the molecule is CCN(C)c1ccnc(C2COCCN2Cc2ccoc2)n1.O=C(O)C(F)(F)F. The van der Waals surface area contributed by atoms with E-state index in [1.165, 1.54) is 0 Å². The Kier molecular flexibility index (Phi) is 7.97. The molecule has 1 unspecified atom stereocenters. The highest BCUT2D eigenvalue weighted by atomic mass is 19.4. The first kappa shape index (κ1) is 22.6. The maximum atomic E-state index is 10.6. The third kappa shape index (κ3) is 6.71. The number of hydrogen-bond acceptors (Lipinski definition) is 7. The van der Waals surface area contributed by atoms with Crippen molar-refractivity contribution in [2.75, 3.05) is 38.3 Å². The van der Waals surface area contributed by atoms with E-state index in [4.69, 9.17) is 24.0 Å². The topological polar surface area (TPSA) is 91.9 Å². The first-order valence-electron chi connectivity index (χ1n) is 8.89. The number of morpholine rings is 1. The van der Waals surface area contributed by atoms with Gasteiger partial charge < -0.3 is 19.2 Å². The first-order valence-corrected chi connectivity index (χ1v) is 8.89. The fourth-order valence-electron chi connectivity index (χ4n) is 2.58. The normalized spacial score (nSPS) is 17.3. The second-order valence-corrected chi connectivity index (χ2v) is 6.28. The van der Waals surface area contributed by atoms with Crippen LogP contribution >= 0.6 is 0 Å². The molecule has 1 aliphatic heterocycles. The maximum Gasteiger partial charge on any atom is 0.490 e. The Labute approximate surface area is 165 Å². The molecule has 1 aliphatic rings. The van der Waals surface area contributed by atoms with Gasteiger partial charge in [-0.05, 0) is 19.1 Å². The minimum atomic E-state index is -5.08. The minimum Gasteiger partial charge on any atom is -0.475 e. The van der Waals surface area contributed by atoms with Crippen LogP contribution in [-0.4, -0.2) is 65.5 Å². The van der Waals surface area contributed by atoms with Crippen LogP contribution in [0.3, 0.4) is 0 Å². The monoisotopic (exact) mass is 416 g/mol. The van der Waals surface area contributed by atoms with Gasteiger partial charge in [-0.1, -0.05) is 0 Å². The van der Waals surface area contributed by atoms with E-state index in [-0.39, 0.29) is 6.04 Å². The van der Waals surface area contributed by atoms with Crippen LogP contribution in [0.15, 0.2) is 35.3 Å². The predicted molar refractivity (Wildman–Crippen MR) is 97.3 cm³/mol. The number of hydrogen-bond donors (Lipinski definition) is 1. The summed E-state index contributed by atoms with van der Waals surface area (Å²) in [5.74, 6) is -0.991. The van der Waals surface area contributed by atoms with E-state index in [0.29, 0.717) is 6.61 Å². The van der Waals surface area contributed by atoms with Gasteiger partial charge in [0.25, 0.3) is 0 Å². The van der Waals surface area contributed by atoms with Gasteiger partial charge in [-0.15, -0.1) is 0 Å². The quantitative estimate of drug-likeness (QED) is 0.796. The van der Waals surface area contributed by atoms with Gasteiger partial charge in [0.15, 0.2) is 0 Å². The van der Waals surface area contributed by atoms with Crippen molar-refractivity contribution in [2.45, 2.75) is 25.7 Å². The van der Waals surface area contributed by atoms with E-state index in [9.17, 15) is 13.2 Å². The molecule has 3 rings (SSSR count). The summed E-state index contributed by atoms with van der Waals surface area (Å²) in [5, 5.41) is 7.12. The van der Waals surface area contributed by atoms with Gasteiger partial charge in [-0.2, -0.15) is 13.2 Å². The van der Waals surface area contributed by atoms with Crippen LogP contribution in [0.5, 0.6) is 0 Å². The van der Waals surface area contributed by atoms with Crippen LogP contribution in [0.4, 0.5) is 19.0 Å². The molecule has 1 saturated heterocycles. The molecule has 1 fully saturated rings.